The second kappa shape index (κ2) is 7.62. The van der Waals surface area contributed by atoms with Gasteiger partial charge in [0.05, 0.1) is 40.9 Å². The molecule has 3 heterocycles. The summed E-state index contributed by atoms with van der Waals surface area (Å²) in [6.07, 6.45) is 2.23. The smallest absolute Gasteiger partial charge is 0.418 e. The lowest BCUT2D eigenvalue weighted by Crippen LogP contribution is -2.23. The highest BCUT2D eigenvalue weighted by molar-refractivity contribution is 5.83. The Morgan fingerprint density at radius 2 is 2.00 bits per heavy atom. The Morgan fingerprint density at radius 1 is 1.18 bits per heavy atom. The topological polar surface area (TPSA) is 81.6 Å². The molecule has 33 heavy (non-hydrogen) atoms. The van der Waals surface area contributed by atoms with E-state index in [0.29, 0.717) is 18.6 Å². The highest BCUT2D eigenvalue weighted by Crippen LogP contribution is 2.42. The number of hydrogen-bond donors (Lipinski definition) is 0. The number of benzene rings is 1. The quantitative estimate of drug-likeness (QED) is 0.446. The minimum Gasteiger partial charge on any atom is -0.484 e. The van der Waals surface area contributed by atoms with Crippen LogP contribution in [0.2, 0.25) is 0 Å². The van der Waals surface area contributed by atoms with Crippen molar-refractivity contribution in [2.45, 2.75) is 38.5 Å². The Kier molecular flexibility index (Phi) is 4.85. The second-order valence-corrected chi connectivity index (χ2v) is 8.12. The monoisotopic (exact) mass is 452 g/mol. The third kappa shape index (κ3) is 3.59. The molecule has 7 nitrogen and oxygen atoms in total. The number of alkyl halides is 3. The SMILES string of the molecule is Cc1cc2cnn(-c3cnn(C)c3)c2cc1O[C@@H]1CCCc2c1ncc(C#N)c2C(F)(F)F. The first-order valence-corrected chi connectivity index (χ1v) is 10.4. The minimum absolute atomic E-state index is 0.0527. The molecule has 3 aromatic heterocycles. The van der Waals surface area contributed by atoms with Crippen LogP contribution in [0.3, 0.4) is 0 Å². The van der Waals surface area contributed by atoms with Crippen LogP contribution in [0.15, 0.2) is 36.9 Å². The molecule has 0 saturated carbocycles. The fraction of sp³-hybridized carbons (Fsp3) is 0.304. The van der Waals surface area contributed by atoms with Gasteiger partial charge in [0.15, 0.2) is 0 Å². The highest BCUT2D eigenvalue weighted by Gasteiger charge is 2.40. The van der Waals surface area contributed by atoms with Crippen LogP contribution in [0.25, 0.3) is 16.6 Å². The third-order valence-corrected chi connectivity index (χ3v) is 5.88. The van der Waals surface area contributed by atoms with Crippen LogP contribution in [0.5, 0.6) is 5.75 Å². The molecule has 4 aromatic rings. The molecule has 168 valence electrons. The van der Waals surface area contributed by atoms with Crippen molar-refractivity contribution in [3.05, 3.63) is 64.9 Å². The maximum Gasteiger partial charge on any atom is 0.418 e. The molecular weight excluding hydrogens is 433 g/mol. The number of aromatic nitrogens is 5. The van der Waals surface area contributed by atoms with Crippen LogP contribution in [0, 0.1) is 18.3 Å². The van der Waals surface area contributed by atoms with Crippen LogP contribution in [0.4, 0.5) is 13.2 Å². The number of aryl methyl sites for hydroxylation is 2. The number of nitriles is 1. The normalized spacial score (nSPS) is 15.9. The Bertz CT molecular complexity index is 1410. The second-order valence-electron chi connectivity index (χ2n) is 8.12. The van der Waals surface area contributed by atoms with E-state index in [4.69, 9.17) is 4.74 Å². The Hall–Kier alpha value is -3.87. The maximum atomic E-state index is 13.8. The third-order valence-electron chi connectivity index (χ3n) is 5.88. The minimum atomic E-state index is -4.63. The van der Waals surface area contributed by atoms with Gasteiger partial charge < -0.3 is 4.74 Å². The summed E-state index contributed by atoms with van der Waals surface area (Å²) >= 11 is 0. The van der Waals surface area contributed by atoms with Crippen molar-refractivity contribution in [3.8, 4) is 17.5 Å². The van der Waals surface area contributed by atoms with Gasteiger partial charge in [-0.3, -0.25) is 9.67 Å². The Morgan fingerprint density at radius 3 is 2.70 bits per heavy atom. The van der Waals surface area contributed by atoms with Gasteiger partial charge in [-0.2, -0.15) is 28.6 Å². The van der Waals surface area contributed by atoms with Crippen molar-refractivity contribution in [3.63, 3.8) is 0 Å². The van der Waals surface area contributed by atoms with Gasteiger partial charge in [-0.15, -0.1) is 0 Å². The summed E-state index contributed by atoms with van der Waals surface area (Å²) in [5, 5.41) is 18.7. The molecular formula is C23H19F3N6O. The summed E-state index contributed by atoms with van der Waals surface area (Å²) in [7, 11) is 1.81. The molecule has 0 bridgehead atoms. The summed E-state index contributed by atoms with van der Waals surface area (Å²) < 4.78 is 50.9. The zero-order valence-corrected chi connectivity index (χ0v) is 17.9. The van der Waals surface area contributed by atoms with Gasteiger partial charge in [-0.1, -0.05) is 0 Å². The van der Waals surface area contributed by atoms with E-state index in [1.807, 2.05) is 32.3 Å². The van der Waals surface area contributed by atoms with Gasteiger partial charge in [0.2, 0.25) is 0 Å². The average Bonchev–Trinajstić information content (AvgIpc) is 3.38. The van der Waals surface area contributed by atoms with Gasteiger partial charge in [0.25, 0.3) is 0 Å². The summed E-state index contributed by atoms with van der Waals surface area (Å²) in [4.78, 5) is 4.22. The number of rotatable bonds is 3. The maximum absolute atomic E-state index is 13.8. The molecule has 10 heteroatoms. The molecule has 1 aliphatic rings. The van der Waals surface area contributed by atoms with E-state index < -0.39 is 23.4 Å². The number of nitrogens with zero attached hydrogens (tertiary/aromatic N) is 6. The van der Waals surface area contributed by atoms with Crippen molar-refractivity contribution in [2.24, 2.45) is 7.05 Å². The molecule has 0 fully saturated rings. The summed E-state index contributed by atoms with van der Waals surface area (Å²) in [5.41, 5.74) is 1.36. The molecule has 1 aliphatic carbocycles. The summed E-state index contributed by atoms with van der Waals surface area (Å²) in [6, 6.07) is 5.40. The van der Waals surface area contributed by atoms with Crippen molar-refractivity contribution < 1.29 is 17.9 Å². The van der Waals surface area contributed by atoms with E-state index in [9.17, 15) is 18.4 Å². The summed E-state index contributed by atoms with van der Waals surface area (Å²) in [5.74, 6) is 0.547. The fourth-order valence-corrected chi connectivity index (χ4v) is 4.39. The zero-order valence-electron chi connectivity index (χ0n) is 17.9. The number of halogens is 3. The van der Waals surface area contributed by atoms with Gasteiger partial charge in [0, 0.05) is 24.7 Å². The van der Waals surface area contributed by atoms with E-state index in [1.54, 1.807) is 27.8 Å². The van der Waals surface area contributed by atoms with Gasteiger partial charge in [0.1, 0.15) is 23.6 Å². The molecule has 1 atom stereocenters. The van der Waals surface area contributed by atoms with Crippen LogP contribution in [-0.2, 0) is 19.6 Å². The fourth-order valence-electron chi connectivity index (χ4n) is 4.39. The number of pyridine rings is 1. The van der Waals surface area contributed by atoms with Crippen LogP contribution >= 0.6 is 0 Å². The molecule has 0 amide bonds. The number of fused-ring (bicyclic) bond motifs is 2. The molecule has 0 spiro atoms. The number of hydrogen-bond acceptors (Lipinski definition) is 5. The van der Waals surface area contributed by atoms with Crippen LogP contribution in [0.1, 0.15) is 46.9 Å². The lowest BCUT2D eigenvalue weighted by Gasteiger charge is -2.28. The molecule has 5 rings (SSSR count). The van der Waals surface area contributed by atoms with Gasteiger partial charge in [-0.25, -0.2) is 4.68 Å². The van der Waals surface area contributed by atoms with Crippen molar-refractivity contribution in [1.29, 1.82) is 5.26 Å². The Labute approximate surface area is 187 Å². The van der Waals surface area contributed by atoms with E-state index in [0.717, 1.165) is 28.4 Å². The molecule has 0 N–H and O–H groups in total. The van der Waals surface area contributed by atoms with E-state index in [2.05, 4.69) is 15.2 Å². The van der Waals surface area contributed by atoms with E-state index >= 15 is 0 Å². The number of ether oxygens (including phenoxy) is 1. The zero-order chi connectivity index (χ0) is 23.3. The first-order valence-electron chi connectivity index (χ1n) is 10.4. The lowest BCUT2D eigenvalue weighted by molar-refractivity contribution is -0.138. The molecule has 0 saturated heterocycles. The predicted octanol–water partition coefficient (Wildman–Crippen LogP) is 4.81. The van der Waals surface area contributed by atoms with Crippen LogP contribution < -0.4 is 4.74 Å². The van der Waals surface area contributed by atoms with Crippen molar-refractivity contribution in [1.82, 2.24) is 24.5 Å². The standard InChI is InChI=1S/C23H19F3N6O/c1-13-6-14-10-30-32(16-11-29-31(2)12-16)18(14)7-20(13)33-19-5-3-4-17-21(23(24,25)26)15(8-27)9-28-22(17)19/h6-7,9-12,19H,3-5H2,1-2H3/t19-/m1/s1. The van der Waals surface area contributed by atoms with E-state index in [1.165, 1.54) is 0 Å². The predicted molar refractivity (Wildman–Crippen MR) is 113 cm³/mol. The largest absolute Gasteiger partial charge is 0.484 e. The van der Waals surface area contributed by atoms with E-state index in [-0.39, 0.29) is 17.7 Å². The first-order chi connectivity index (χ1) is 15.8. The van der Waals surface area contributed by atoms with Gasteiger partial charge >= 0.3 is 6.18 Å². The van der Waals surface area contributed by atoms with Crippen molar-refractivity contribution >= 4 is 10.9 Å². The summed E-state index contributed by atoms with van der Waals surface area (Å²) in [6.45, 7) is 1.88. The Balaban J connectivity index is 1.57. The molecule has 0 aliphatic heterocycles. The van der Waals surface area contributed by atoms with Crippen LogP contribution in [-0.4, -0.2) is 24.5 Å². The van der Waals surface area contributed by atoms with Crippen molar-refractivity contribution in [2.75, 3.05) is 0 Å². The molecule has 0 unspecified atom stereocenters. The first kappa shape index (κ1) is 21.0. The molecule has 1 aromatic carbocycles. The molecule has 0 radical (unpaired) electrons. The highest BCUT2D eigenvalue weighted by atomic mass is 19.4. The average molecular weight is 452 g/mol. The van der Waals surface area contributed by atoms with Gasteiger partial charge in [-0.05, 0) is 43.4 Å². The lowest BCUT2D eigenvalue weighted by atomic mass is 9.88.